The van der Waals surface area contributed by atoms with Crippen LogP contribution in [0.1, 0.15) is 21.5 Å². The van der Waals surface area contributed by atoms with Gasteiger partial charge >= 0.3 is 5.69 Å². The van der Waals surface area contributed by atoms with Crippen LogP contribution < -0.4 is 10.8 Å². The molecule has 0 heterocycles. The first-order chi connectivity index (χ1) is 11.0. The van der Waals surface area contributed by atoms with Gasteiger partial charge in [0.2, 0.25) is 0 Å². The topological polar surface area (TPSA) is 125 Å². The third-order valence-corrected chi connectivity index (χ3v) is 3.26. The molecule has 2 aromatic rings. The first kappa shape index (κ1) is 16.4. The predicted molar refractivity (Wildman–Crippen MR) is 81.0 cm³/mol. The van der Waals surface area contributed by atoms with Gasteiger partial charge in [-0.3, -0.25) is 20.1 Å². The summed E-state index contributed by atoms with van der Waals surface area (Å²) in [6.07, 6.45) is 0. The van der Waals surface area contributed by atoms with Gasteiger partial charge in [-0.25, -0.2) is 5.48 Å². The second-order valence-electron chi connectivity index (χ2n) is 4.78. The van der Waals surface area contributed by atoms with Gasteiger partial charge in [-0.05, 0) is 17.7 Å². The van der Waals surface area contributed by atoms with Crippen LogP contribution in [0.4, 0.5) is 5.69 Å². The molecule has 0 radical (unpaired) electrons. The van der Waals surface area contributed by atoms with E-state index >= 15 is 0 Å². The van der Waals surface area contributed by atoms with Crippen LogP contribution in [-0.4, -0.2) is 21.1 Å². The number of rotatable bonds is 6. The third kappa shape index (κ3) is 4.02. The van der Waals surface area contributed by atoms with Crippen LogP contribution in [0.5, 0.6) is 5.75 Å². The Morgan fingerprint density at radius 3 is 2.43 bits per heavy atom. The lowest BCUT2D eigenvalue weighted by Gasteiger charge is -2.08. The molecule has 0 fully saturated rings. The molecule has 8 nitrogen and oxygen atoms in total. The maximum atomic E-state index is 11.2. The van der Waals surface area contributed by atoms with Crippen molar-refractivity contribution < 1.29 is 20.0 Å². The first-order valence-electron chi connectivity index (χ1n) is 6.72. The number of hydrogen-bond acceptors (Lipinski definition) is 6. The number of phenolic OH excluding ortho intramolecular Hbond substituents is 1. The number of aromatic hydroxyl groups is 1. The molecule has 0 saturated carbocycles. The monoisotopic (exact) mass is 317 g/mol. The smallest absolute Gasteiger partial charge is 0.311 e. The molecule has 0 saturated heterocycles. The highest BCUT2D eigenvalue weighted by Gasteiger charge is 2.15. The Morgan fingerprint density at radius 1 is 1.13 bits per heavy atom. The van der Waals surface area contributed by atoms with Crippen molar-refractivity contribution in [2.24, 2.45) is 0 Å². The van der Waals surface area contributed by atoms with E-state index in [4.69, 9.17) is 5.21 Å². The fourth-order valence-corrected chi connectivity index (χ4v) is 2.05. The molecule has 2 rings (SSSR count). The van der Waals surface area contributed by atoms with Crippen molar-refractivity contribution in [3.63, 3.8) is 0 Å². The second-order valence-corrected chi connectivity index (χ2v) is 4.78. The molecule has 0 aliphatic heterocycles. The van der Waals surface area contributed by atoms with E-state index in [1.807, 2.05) is 0 Å². The molecule has 4 N–H and O–H groups in total. The van der Waals surface area contributed by atoms with Crippen LogP contribution >= 0.6 is 0 Å². The van der Waals surface area contributed by atoms with Crippen LogP contribution in [0.25, 0.3) is 0 Å². The van der Waals surface area contributed by atoms with Crippen molar-refractivity contribution in [3.05, 3.63) is 69.3 Å². The Balaban J connectivity index is 1.96. The van der Waals surface area contributed by atoms with Crippen LogP contribution in [0.2, 0.25) is 0 Å². The van der Waals surface area contributed by atoms with Gasteiger partial charge in [0.1, 0.15) is 0 Å². The second kappa shape index (κ2) is 7.34. The summed E-state index contributed by atoms with van der Waals surface area (Å²) in [6.45, 7) is 0.704. The molecule has 2 aromatic carbocycles. The molecule has 0 atom stereocenters. The highest BCUT2D eigenvalue weighted by molar-refractivity contribution is 5.93. The Bertz CT molecular complexity index is 716. The Morgan fingerprint density at radius 2 is 1.83 bits per heavy atom. The van der Waals surface area contributed by atoms with Crippen molar-refractivity contribution in [3.8, 4) is 5.75 Å². The van der Waals surface area contributed by atoms with Crippen molar-refractivity contribution in [1.82, 2.24) is 10.8 Å². The molecule has 0 unspecified atom stereocenters. The zero-order chi connectivity index (χ0) is 16.8. The van der Waals surface area contributed by atoms with Crippen molar-refractivity contribution in [2.75, 3.05) is 0 Å². The fraction of sp³-hybridized carbons (Fsp3) is 0.133. The van der Waals surface area contributed by atoms with Gasteiger partial charge < -0.3 is 10.4 Å². The van der Waals surface area contributed by atoms with E-state index in [0.717, 1.165) is 5.56 Å². The number of benzene rings is 2. The minimum atomic E-state index is -0.635. The molecule has 0 bridgehead atoms. The number of carbonyl (C=O) groups is 1. The number of nitro groups is 1. The lowest BCUT2D eigenvalue weighted by molar-refractivity contribution is -0.385. The highest BCUT2D eigenvalue weighted by atomic mass is 16.6. The van der Waals surface area contributed by atoms with Gasteiger partial charge in [0.05, 0.1) is 4.92 Å². The molecule has 120 valence electrons. The number of nitrogens with one attached hydrogen (secondary N) is 2. The lowest BCUT2D eigenvalue weighted by Crippen LogP contribution is -2.18. The van der Waals surface area contributed by atoms with E-state index in [0.29, 0.717) is 17.7 Å². The number of hydrogen-bond donors (Lipinski definition) is 4. The average Bonchev–Trinajstić information content (AvgIpc) is 2.56. The molecule has 0 aliphatic rings. The summed E-state index contributed by atoms with van der Waals surface area (Å²) in [4.78, 5) is 21.3. The largest absolute Gasteiger partial charge is 0.502 e. The van der Waals surface area contributed by atoms with Crippen LogP contribution in [0.3, 0.4) is 0 Å². The number of para-hydroxylation sites is 1. The SMILES string of the molecule is O=C(NO)c1ccc(CNCc2cccc([N+](=O)[O-])c2O)cc1. The van der Waals surface area contributed by atoms with Gasteiger partial charge in [-0.1, -0.05) is 24.3 Å². The summed E-state index contributed by atoms with van der Waals surface area (Å²) < 4.78 is 0. The van der Waals surface area contributed by atoms with E-state index in [1.165, 1.54) is 12.1 Å². The van der Waals surface area contributed by atoms with Crippen molar-refractivity contribution >= 4 is 11.6 Å². The number of hydroxylamine groups is 1. The normalized spacial score (nSPS) is 10.3. The zero-order valence-corrected chi connectivity index (χ0v) is 12.0. The predicted octanol–water partition coefficient (Wildman–Crippen LogP) is 1.71. The summed E-state index contributed by atoms with van der Waals surface area (Å²) in [6, 6.07) is 10.9. The fourth-order valence-electron chi connectivity index (χ4n) is 2.05. The van der Waals surface area contributed by atoms with E-state index in [1.54, 1.807) is 35.8 Å². The zero-order valence-electron chi connectivity index (χ0n) is 12.0. The summed E-state index contributed by atoms with van der Waals surface area (Å²) >= 11 is 0. The molecular formula is C15H15N3O5. The Hall–Kier alpha value is -2.97. The molecule has 8 heteroatoms. The van der Waals surface area contributed by atoms with E-state index in [-0.39, 0.29) is 18.0 Å². The van der Waals surface area contributed by atoms with Gasteiger partial charge in [-0.15, -0.1) is 0 Å². The number of phenols is 1. The Labute approximate surface area is 131 Å². The first-order valence-corrected chi connectivity index (χ1v) is 6.72. The van der Waals surface area contributed by atoms with Crippen LogP contribution in [0, 0.1) is 10.1 Å². The summed E-state index contributed by atoms with van der Waals surface area (Å²) in [7, 11) is 0. The standard InChI is InChI=1S/C15H15N3O5/c19-14-12(2-1-3-13(14)18(22)23)9-16-8-10-4-6-11(7-5-10)15(20)17-21/h1-7,16,19,21H,8-9H2,(H,17,20). The number of carbonyl (C=O) groups excluding carboxylic acids is 1. The number of nitrogens with zero attached hydrogens (tertiary/aromatic N) is 1. The maximum Gasteiger partial charge on any atom is 0.311 e. The Kier molecular flexibility index (Phi) is 5.23. The van der Waals surface area contributed by atoms with Crippen molar-refractivity contribution in [2.45, 2.75) is 13.1 Å². The third-order valence-electron chi connectivity index (χ3n) is 3.26. The molecular weight excluding hydrogens is 302 g/mol. The molecule has 1 amide bonds. The highest BCUT2D eigenvalue weighted by Crippen LogP contribution is 2.29. The van der Waals surface area contributed by atoms with Crippen molar-refractivity contribution in [1.29, 1.82) is 0 Å². The molecule has 23 heavy (non-hydrogen) atoms. The van der Waals surface area contributed by atoms with Gasteiger partial charge in [0.15, 0.2) is 5.75 Å². The molecule has 0 spiro atoms. The summed E-state index contributed by atoms with van der Waals surface area (Å²) in [5.74, 6) is -0.939. The summed E-state index contributed by atoms with van der Waals surface area (Å²) in [5, 5.41) is 32.2. The molecule has 0 aliphatic carbocycles. The molecule has 0 aromatic heterocycles. The lowest BCUT2D eigenvalue weighted by atomic mass is 10.1. The van der Waals surface area contributed by atoms with Gasteiger partial charge in [-0.2, -0.15) is 0 Å². The quantitative estimate of drug-likeness (QED) is 0.365. The average molecular weight is 317 g/mol. The van der Waals surface area contributed by atoms with Crippen LogP contribution in [-0.2, 0) is 13.1 Å². The van der Waals surface area contributed by atoms with E-state index in [2.05, 4.69) is 5.32 Å². The van der Waals surface area contributed by atoms with E-state index in [9.17, 15) is 20.0 Å². The van der Waals surface area contributed by atoms with Crippen LogP contribution in [0.15, 0.2) is 42.5 Å². The minimum absolute atomic E-state index is 0.256. The van der Waals surface area contributed by atoms with Gasteiger partial charge in [0, 0.05) is 30.3 Å². The maximum absolute atomic E-state index is 11.2. The van der Waals surface area contributed by atoms with E-state index < -0.39 is 10.8 Å². The van der Waals surface area contributed by atoms with Gasteiger partial charge in [0.25, 0.3) is 5.91 Å². The minimum Gasteiger partial charge on any atom is -0.502 e. The number of amides is 1. The summed E-state index contributed by atoms with van der Waals surface area (Å²) in [5.41, 5.74) is 2.85. The number of nitro benzene ring substituents is 1.